The number of hydrogen-bond donors (Lipinski definition) is 5. The molecule has 0 unspecified atom stereocenters. The number of carboxylic acids is 1. The van der Waals surface area contributed by atoms with Crippen LogP contribution in [0.1, 0.15) is 5.56 Å². The fourth-order valence-electron chi connectivity index (χ4n) is 2.14. The number of hydrogen-bond acceptors (Lipinski definition) is 7. The minimum atomic E-state index is -1.67. The highest BCUT2D eigenvalue weighted by atomic mass is 16.7. The molecule has 1 aromatic carbocycles. The van der Waals surface area contributed by atoms with Gasteiger partial charge in [0.1, 0.15) is 24.4 Å². The zero-order valence-electron chi connectivity index (χ0n) is 12.0. The van der Waals surface area contributed by atoms with Gasteiger partial charge in [-0.25, -0.2) is 4.79 Å². The summed E-state index contributed by atoms with van der Waals surface area (Å²) in [5, 5.41) is 47.5. The summed E-state index contributed by atoms with van der Waals surface area (Å²) in [6.07, 6.45) is -6.35. The molecular weight excluding hydrogens is 308 g/mol. The van der Waals surface area contributed by atoms with Gasteiger partial charge < -0.3 is 35.0 Å². The van der Waals surface area contributed by atoms with Crippen LogP contribution in [0.15, 0.2) is 36.1 Å². The summed E-state index contributed by atoms with van der Waals surface area (Å²) < 4.78 is 10.2. The van der Waals surface area contributed by atoms with Gasteiger partial charge in [-0.1, -0.05) is 30.3 Å². The number of carboxylic acid groups (broad SMARTS) is 1. The molecule has 8 nitrogen and oxygen atoms in total. The zero-order chi connectivity index (χ0) is 17.0. The number of benzene rings is 1. The van der Waals surface area contributed by atoms with E-state index in [0.29, 0.717) is 5.56 Å². The minimum absolute atomic E-state index is 0.513. The molecule has 0 spiro atoms. The summed E-state index contributed by atoms with van der Waals surface area (Å²) in [5.41, 5.74) is 0.550. The average molecular weight is 326 g/mol. The predicted octanol–water partition coefficient (Wildman–Crippen LogP) is -1.07. The van der Waals surface area contributed by atoms with Crippen LogP contribution in [-0.2, 0) is 14.3 Å². The van der Waals surface area contributed by atoms with Crippen molar-refractivity contribution in [1.82, 2.24) is 0 Å². The van der Waals surface area contributed by atoms with Crippen molar-refractivity contribution in [2.75, 3.05) is 6.61 Å². The third-order valence-electron chi connectivity index (χ3n) is 3.40. The Hall–Kier alpha value is -1.97. The van der Waals surface area contributed by atoms with Crippen molar-refractivity contribution in [3.63, 3.8) is 0 Å². The lowest BCUT2D eigenvalue weighted by Crippen LogP contribution is -2.59. The second-order valence-corrected chi connectivity index (χ2v) is 5.04. The molecule has 0 bridgehead atoms. The van der Waals surface area contributed by atoms with Gasteiger partial charge in [-0.2, -0.15) is 0 Å². The number of rotatable bonds is 5. The lowest BCUT2D eigenvalue weighted by atomic mass is 9.99. The second kappa shape index (κ2) is 7.53. The number of aliphatic hydroxyl groups is 4. The van der Waals surface area contributed by atoms with Crippen LogP contribution in [0, 0.1) is 0 Å². The fraction of sp³-hybridized carbons (Fsp3) is 0.400. The highest BCUT2D eigenvalue weighted by Gasteiger charge is 2.45. The molecule has 1 aliphatic rings. The van der Waals surface area contributed by atoms with Crippen LogP contribution >= 0.6 is 0 Å². The average Bonchev–Trinajstić information content (AvgIpc) is 2.55. The van der Waals surface area contributed by atoms with E-state index in [1.54, 1.807) is 30.3 Å². The molecule has 1 aliphatic heterocycles. The first-order valence-corrected chi connectivity index (χ1v) is 6.91. The first-order chi connectivity index (χ1) is 10.9. The van der Waals surface area contributed by atoms with Gasteiger partial charge in [-0.05, 0) is 11.6 Å². The van der Waals surface area contributed by atoms with E-state index in [1.165, 1.54) is 6.08 Å². The van der Waals surface area contributed by atoms with E-state index >= 15 is 0 Å². The van der Waals surface area contributed by atoms with Gasteiger partial charge in [0, 0.05) is 0 Å². The van der Waals surface area contributed by atoms with E-state index in [9.17, 15) is 25.2 Å². The van der Waals surface area contributed by atoms with Crippen LogP contribution in [0.2, 0.25) is 0 Å². The highest BCUT2D eigenvalue weighted by Crippen LogP contribution is 2.24. The Morgan fingerprint density at radius 3 is 2.35 bits per heavy atom. The molecule has 8 heteroatoms. The maximum atomic E-state index is 11.3. The van der Waals surface area contributed by atoms with Crippen molar-refractivity contribution in [2.24, 2.45) is 0 Å². The van der Waals surface area contributed by atoms with E-state index in [1.807, 2.05) is 0 Å². The minimum Gasteiger partial charge on any atom is -0.475 e. The van der Waals surface area contributed by atoms with E-state index in [0.717, 1.165) is 0 Å². The summed E-state index contributed by atoms with van der Waals surface area (Å²) in [4.78, 5) is 11.3. The Balaban J connectivity index is 2.19. The molecule has 5 N–H and O–H groups in total. The normalized spacial score (nSPS) is 31.7. The van der Waals surface area contributed by atoms with E-state index < -0.39 is 49.0 Å². The summed E-state index contributed by atoms with van der Waals surface area (Å²) in [6, 6.07) is 8.48. The monoisotopic (exact) mass is 326 g/mol. The molecule has 0 amide bonds. The molecule has 23 heavy (non-hydrogen) atoms. The number of aliphatic carboxylic acids is 1. The SMILES string of the molecule is O=C(O)/C(=C/c1ccccc1)O[C@@H]1O[C@H](CO)[C@@H](O)[C@H](O)[C@H]1O. The third-order valence-corrected chi connectivity index (χ3v) is 3.40. The molecule has 1 aromatic rings. The number of carbonyl (C=O) groups is 1. The maximum absolute atomic E-state index is 11.3. The van der Waals surface area contributed by atoms with Gasteiger partial charge in [0.2, 0.25) is 12.0 Å². The van der Waals surface area contributed by atoms with Crippen molar-refractivity contribution < 1.29 is 39.8 Å². The predicted molar refractivity (Wildman–Crippen MR) is 76.9 cm³/mol. The largest absolute Gasteiger partial charge is 0.475 e. The summed E-state index contributed by atoms with van der Waals surface area (Å²) in [5.74, 6) is -1.91. The van der Waals surface area contributed by atoms with Gasteiger partial charge in [0.25, 0.3) is 0 Å². The Kier molecular flexibility index (Phi) is 5.69. The molecule has 0 radical (unpaired) electrons. The second-order valence-electron chi connectivity index (χ2n) is 5.04. The Labute approximate surface area is 131 Å². The van der Waals surface area contributed by atoms with Crippen LogP contribution in [0.25, 0.3) is 6.08 Å². The van der Waals surface area contributed by atoms with Crippen molar-refractivity contribution in [1.29, 1.82) is 0 Å². The van der Waals surface area contributed by atoms with Crippen molar-refractivity contribution in [2.45, 2.75) is 30.7 Å². The van der Waals surface area contributed by atoms with Gasteiger partial charge in [-0.15, -0.1) is 0 Å². The highest BCUT2D eigenvalue weighted by molar-refractivity contribution is 5.89. The Bertz CT molecular complexity index is 556. The smallest absolute Gasteiger partial charge is 0.371 e. The number of ether oxygens (including phenoxy) is 2. The molecule has 1 saturated heterocycles. The van der Waals surface area contributed by atoms with E-state index in [4.69, 9.17) is 14.6 Å². The van der Waals surface area contributed by atoms with Gasteiger partial charge in [0.05, 0.1) is 6.61 Å². The molecule has 0 saturated carbocycles. The van der Waals surface area contributed by atoms with Crippen LogP contribution in [0.5, 0.6) is 0 Å². The van der Waals surface area contributed by atoms with Gasteiger partial charge >= 0.3 is 5.97 Å². The summed E-state index contributed by atoms with van der Waals surface area (Å²) >= 11 is 0. The quantitative estimate of drug-likeness (QED) is 0.341. The Morgan fingerprint density at radius 2 is 1.78 bits per heavy atom. The third kappa shape index (κ3) is 4.06. The van der Waals surface area contributed by atoms with Crippen LogP contribution < -0.4 is 0 Å². The molecule has 126 valence electrons. The lowest BCUT2D eigenvalue weighted by molar-refractivity contribution is -0.291. The van der Waals surface area contributed by atoms with E-state index in [-0.39, 0.29) is 0 Å². The van der Waals surface area contributed by atoms with Gasteiger partial charge in [-0.3, -0.25) is 0 Å². The van der Waals surface area contributed by atoms with Crippen molar-refractivity contribution in [3.8, 4) is 0 Å². The first kappa shape index (κ1) is 17.4. The lowest BCUT2D eigenvalue weighted by Gasteiger charge is -2.39. The Morgan fingerprint density at radius 1 is 1.13 bits per heavy atom. The van der Waals surface area contributed by atoms with Crippen LogP contribution in [0.3, 0.4) is 0 Å². The van der Waals surface area contributed by atoms with Crippen molar-refractivity contribution >= 4 is 12.0 Å². The first-order valence-electron chi connectivity index (χ1n) is 6.91. The molecule has 0 aromatic heterocycles. The van der Waals surface area contributed by atoms with Crippen LogP contribution in [0.4, 0.5) is 0 Å². The summed E-state index contributed by atoms with van der Waals surface area (Å²) in [7, 11) is 0. The maximum Gasteiger partial charge on any atom is 0.371 e. The molecule has 5 atom stereocenters. The standard InChI is InChI=1S/C15H18O8/c16-7-10-11(17)12(18)13(19)15(23-10)22-9(14(20)21)6-8-4-2-1-3-5-8/h1-6,10-13,15-19H,7H2,(H,20,21)/b9-6-/t10-,11-,12+,13-,15-/m1/s1. The van der Waals surface area contributed by atoms with E-state index in [2.05, 4.69) is 0 Å². The molecular formula is C15H18O8. The van der Waals surface area contributed by atoms with Crippen LogP contribution in [-0.4, -0.2) is 68.8 Å². The van der Waals surface area contributed by atoms with Crippen molar-refractivity contribution in [3.05, 3.63) is 41.7 Å². The molecule has 2 rings (SSSR count). The topological polar surface area (TPSA) is 137 Å². The number of aliphatic hydroxyl groups excluding tert-OH is 4. The summed E-state index contributed by atoms with van der Waals surface area (Å²) in [6.45, 7) is -0.629. The fourth-order valence-corrected chi connectivity index (χ4v) is 2.14. The van der Waals surface area contributed by atoms with Gasteiger partial charge in [0.15, 0.2) is 0 Å². The molecule has 0 aliphatic carbocycles. The zero-order valence-corrected chi connectivity index (χ0v) is 12.0. The molecule has 1 fully saturated rings. The molecule has 1 heterocycles.